The predicted octanol–water partition coefficient (Wildman–Crippen LogP) is 2.44. The summed E-state index contributed by atoms with van der Waals surface area (Å²) in [5.41, 5.74) is 2.82. The van der Waals surface area contributed by atoms with Crippen molar-refractivity contribution in [3.8, 4) is 0 Å². The van der Waals surface area contributed by atoms with Crippen LogP contribution in [0.15, 0.2) is 38.4 Å². The number of hydrogen-bond acceptors (Lipinski definition) is 3. The van der Waals surface area contributed by atoms with Crippen LogP contribution in [0.4, 0.5) is 0 Å². The van der Waals surface area contributed by atoms with Crippen molar-refractivity contribution >= 4 is 28.1 Å². The first-order valence-electron chi connectivity index (χ1n) is 4.89. The van der Waals surface area contributed by atoms with E-state index in [1.54, 1.807) is 18.3 Å². The van der Waals surface area contributed by atoms with Gasteiger partial charge in [0.1, 0.15) is 17.2 Å². The molecule has 1 amide bonds. The predicted molar refractivity (Wildman–Crippen MR) is 67.0 cm³/mol. The summed E-state index contributed by atoms with van der Waals surface area (Å²) in [6.07, 6.45) is 3.12. The van der Waals surface area contributed by atoms with Gasteiger partial charge in [0.05, 0.1) is 6.21 Å². The van der Waals surface area contributed by atoms with Crippen LogP contribution in [0.3, 0.4) is 0 Å². The van der Waals surface area contributed by atoms with Gasteiger partial charge in [-0.25, -0.2) is 5.43 Å². The van der Waals surface area contributed by atoms with Crippen molar-refractivity contribution in [3.63, 3.8) is 0 Å². The molecule has 0 saturated carbocycles. The quantitative estimate of drug-likeness (QED) is 0.674. The number of hydrogen-bond donors (Lipinski definition) is 2. The molecule has 2 aromatic heterocycles. The van der Waals surface area contributed by atoms with Crippen molar-refractivity contribution in [2.24, 2.45) is 5.10 Å². The number of furan rings is 1. The Morgan fingerprint density at radius 3 is 3.00 bits per heavy atom. The summed E-state index contributed by atoms with van der Waals surface area (Å²) >= 11 is 3.24. The lowest BCUT2D eigenvalue weighted by Gasteiger charge is -1.94. The molecule has 17 heavy (non-hydrogen) atoms. The topological polar surface area (TPSA) is 70.4 Å². The van der Waals surface area contributed by atoms with Crippen molar-refractivity contribution in [1.29, 1.82) is 0 Å². The standard InChI is InChI=1S/C11H10BrN3O2/c1-7-2-3-9(17-7)6-14-15-11(16)10-4-8(12)5-13-10/h2-6,13H,1H3,(H,15,16)/b14-6-. The lowest BCUT2D eigenvalue weighted by molar-refractivity contribution is 0.0951. The minimum absolute atomic E-state index is 0.310. The summed E-state index contributed by atoms with van der Waals surface area (Å²) in [4.78, 5) is 14.3. The molecule has 0 aliphatic rings. The Bertz CT molecular complexity index is 557. The molecule has 0 aliphatic carbocycles. The van der Waals surface area contributed by atoms with Gasteiger partial charge in [-0.3, -0.25) is 4.79 Å². The summed E-state index contributed by atoms with van der Waals surface area (Å²) in [5, 5.41) is 3.79. The summed E-state index contributed by atoms with van der Waals surface area (Å²) in [5.74, 6) is 1.08. The summed E-state index contributed by atoms with van der Waals surface area (Å²) < 4.78 is 6.07. The van der Waals surface area contributed by atoms with Crippen LogP contribution in [0.1, 0.15) is 22.0 Å². The Labute approximate surface area is 106 Å². The van der Waals surface area contributed by atoms with E-state index in [1.165, 1.54) is 6.21 Å². The normalized spacial score (nSPS) is 10.9. The number of aryl methyl sites for hydroxylation is 1. The second-order valence-electron chi connectivity index (χ2n) is 3.38. The number of nitrogens with zero attached hydrogens (tertiary/aromatic N) is 1. The number of carbonyl (C=O) groups excluding carboxylic acids is 1. The number of aromatic nitrogens is 1. The molecule has 0 saturated heterocycles. The number of halogens is 1. The Morgan fingerprint density at radius 1 is 1.59 bits per heavy atom. The van der Waals surface area contributed by atoms with Crippen molar-refractivity contribution < 1.29 is 9.21 Å². The molecule has 5 nitrogen and oxygen atoms in total. The molecule has 6 heteroatoms. The number of carbonyl (C=O) groups is 1. The summed E-state index contributed by atoms with van der Waals surface area (Å²) in [6, 6.07) is 5.27. The second-order valence-corrected chi connectivity index (χ2v) is 4.29. The van der Waals surface area contributed by atoms with Crippen molar-refractivity contribution in [2.45, 2.75) is 6.92 Å². The first-order chi connectivity index (χ1) is 8.15. The molecular weight excluding hydrogens is 286 g/mol. The third-order valence-electron chi connectivity index (χ3n) is 2.01. The molecule has 0 unspecified atom stereocenters. The highest BCUT2D eigenvalue weighted by atomic mass is 79.9. The number of H-pyrrole nitrogens is 1. The molecule has 2 aromatic rings. The summed E-state index contributed by atoms with van der Waals surface area (Å²) in [7, 11) is 0. The fourth-order valence-electron chi connectivity index (χ4n) is 1.24. The molecule has 0 spiro atoms. The van der Waals surface area contributed by atoms with Crippen LogP contribution in [0.25, 0.3) is 0 Å². The van der Waals surface area contributed by atoms with Crippen LogP contribution in [-0.4, -0.2) is 17.1 Å². The van der Waals surface area contributed by atoms with Crippen molar-refractivity contribution in [2.75, 3.05) is 0 Å². The van der Waals surface area contributed by atoms with Crippen molar-refractivity contribution in [1.82, 2.24) is 10.4 Å². The van der Waals surface area contributed by atoms with Gasteiger partial charge in [0.15, 0.2) is 0 Å². The molecule has 2 rings (SSSR count). The highest BCUT2D eigenvalue weighted by Crippen LogP contribution is 2.10. The van der Waals surface area contributed by atoms with E-state index in [9.17, 15) is 4.79 Å². The molecule has 0 aromatic carbocycles. The van der Waals surface area contributed by atoms with E-state index in [0.717, 1.165) is 10.2 Å². The molecule has 0 radical (unpaired) electrons. The van der Waals surface area contributed by atoms with Gasteiger partial charge in [-0.05, 0) is 41.1 Å². The summed E-state index contributed by atoms with van der Waals surface area (Å²) in [6.45, 7) is 1.84. The van der Waals surface area contributed by atoms with Gasteiger partial charge in [-0.1, -0.05) is 0 Å². The number of rotatable bonds is 3. The van der Waals surface area contributed by atoms with Crippen LogP contribution < -0.4 is 5.43 Å². The van der Waals surface area contributed by atoms with E-state index >= 15 is 0 Å². The Kier molecular flexibility index (Phi) is 3.43. The highest BCUT2D eigenvalue weighted by molar-refractivity contribution is 9.10. The van der Waals surface area contributed by atoms with E-state index in [1.807, 2.05) is 13.0 Å². The molecule has 0 fully saturated rings. The number of hydrazone groups is 1. The Hall–Kier alpha value is -1.82. The zero-order chi connectivity index (χ0) is 12.3. The molecule has 2 N–H and O–H groups in total. The van der Waals surface area contributed by atoms with Gasteiger partial charge >= 0.3 is 0 Å². The van der Waals surface area contributed by atoms with Crippen LogP contribution in [0.5, 0.6) is 0 Å². The Balaban J connectivity index is 1.94. The SMILES string of the molecule is Cc1ccc(/C=N\NC(=O)c2cc(Br)c[nH]2)o1. The van der Waals surface area contributed by atoms with E-state index in [4.69, 9.17) is 4.42 Å². The molecule has 0 aliphatic heterocycles. The van der Waals surface area contributed by atoms with Crippen molar-refractivity contribution in [3.05, 3.63) is 46.1 Å². The van der Waals surface area contributed by atoms with Gasteiger partial charge in [0, 0.05) is 10.7 Å². The lowest BCUT2D eigenvalue weighted by Crippen LogP contribution is -2.17. The molecule has 0 bridgehead atoms. The molecule has 0 atom stereocenters. The van der Waals surface area contributed by atoms with Crippen LogP contribution >= 0.6 is 15.9 Å². The monoisotopic (exact) mass is 295 g/mol. The van der Waals surface area contributed by atoms with Crippen LogP contribution in [0.2, 0.25) is 0 Å². The minimum Gasteiger partial charge on any atom is -0.460 e. The first kappa shape index (κ1) is 11.7. The fourth-order valence-corrected chi connectivity index (χ4v) is 1.58. The van der Waals surface area contributed by atoms with E-state index in [-0.39, 0.29) is 5.91 Å². The largest absolute Gasteiger partial charge is 0.460 e. The van der Waals surface area contributed by atoms with Gasteiger partial charge < -0.3 is 9.40 Å². The smallest absolute Gasteiger partial charge is 0.287 e. The highest BCUT2D eigenvalue weighted by Gasteiger charge is 2.05. The first-order valence-corrected chi connectivity index (χ1v) is 5.68. The van der Waals surface area contributed by atoms with Gasteiger partial charge in [-0.2, -0.15) is 5.10 Å². The van der Waals surface area contributed by atoms with Gasteiger partial charge in [0.25, 0.3) is 5.91 Å². The van der Waals surface area contributed by atoms with Gasteiger partial charge in [-0.15, -0.1) is 0 Å². The molecular formula is C11H10BrN3O2. The van der Waals surface area contributed by atoms with E-state index in [0.29, 0.717) is 11.5 Å². The zero-order valence-electron chi connectivity index (χ0n) is 9.03. The maximum atomic E-state index is 11.5. The zero-order valence-corrected chi connectivity index (χ0v) is 10.6. The number of nitrogens with one attached hydrogen (secondary N) is 2. The van der Waals surface area contributed by atoms with Gasteiger partial charge in [0.2, 0.25) is 0 Å². The Morgan fingerprint density at radius 2 is 2.41 bits per heavy atom. The van der Waals surface area contributed by atoms with E-state index in [2.05, 4.69) is 31.4 Å². The lowest BCUT2D eigenvalue weighted by atomic mass is 10.4. The average molecular weight is 296 g/mol. The third kappa shape index (κ3) is 3.07. The van der Waals surface area contributed by atoms with Crippen LogP contribution in [0, 0.1) is 6.92 Å². The van der Waals surface area contributed by atoms with E-state index < -0.39 is 0 Å². The number of amides is 1. The maximum absolute atomic E-state index is 11.5. The molecule has 2 heterocycles. The second kappa shape index (κ2) is 5.01. The van der Waals surface area contributed by atoms with Crippen LogP contribution in [-0.2, 0) is 0 Å². The third-order valence-corrected chi connectivity index (χ3v) is 2.47. The average Bonchev–Trinajstić information content (AvgIpc) is 2.88. The fraction of sp³-hybridized carbons (Fsp3) is 0.0909. The maximum Gasteiger partial charge on any atom is 0.287 e. The molecule has 88 valence electrons. The number of aromatic amines is 1. The minimum atomic E-state index is -0.310.